The predicted molar refractivity (Wildman–Crippen MR) is 204 cm³/mol. The number of anilines is 3. The second-order valence-electron chi connectivity index (χ2n) is 15.9. The Balaban J connectivity index is 1.07. The molecule has 4 aliphatic rings. The topological polar surface area (TPSA) is 142 Å². The molecule has 3 saturated heterocycles. The van der Waals surface area contributed by atoms with Crippen molar-refractivity contribution in [1.29, 1.82) is 5.26 Å². The first-order valence-corrected chi connectivity index (χ1v) is 19.6. The van der Waals surface area contributed by atoms with Crippen LogP contribution in [-0.4, -0.2) is 93.5 Å². The SMILES string of the molecule is CC(=O)Nc1ccc(C2CCC(=O)NC2=O)nc1N1CCN(CCCC2CCC(N3C(=S)N(c4ccc(C#N)c(C(F)(F)F)c4)C(=O)C3(C)C)CC2)C[C@@H]1C(F)(F)F. The normalized spacial score (nSPS) is 24.5. The van der Waals surface area contributed by atoms with E-state index in [1.165, 1.54) is 25.1 Å². The van der Waals surface area contributed by atoms with Crippen molar-refractivity contribution >= 4 is 58.2 Å². The fourth-order valence-electron chi connectivity index (χ4n) is 8.66. The number of pyridine rings is 1. The third-order valence-electron chi connectivity index (χ3n) is 11.6. The number of thiocarbonyl (C=S) groups is 1. The van der Waals surface area contributed by atoms with Gasteiger partial charge in [0, 0.05) is 39.0 Å². The van der Waals surface area contributed by atoms with Gasteiger partial charge in [-0.3, -0.25) is 34.3 Å². The first kappa shape index (κ1) is 42.8. The van der Waals surface area contributed by atoms with Crippen molar-refractivity contribution in [1.82, 2.24) is 20.1 Å². The Hall–Kier alpha value is -4.83. The molecule has 58 heavy (non-hydrogen) atoms. The Labute approximate surface area is 336 Å². The number of nitrogens with one attached hydrogen (secondary N) is 2. The first-order valence-electron chi connectivity index (χ1n) is 19.2. The number of piperidine rings is 1. The number of nitrogens with zero attached hydrogens (tertiary/aromatic N) is 6. The van der Waals surface area contributed by atoms with Crippen molar-refractivity contribution in [2.24, 2.45) is 5.92 Å². The molecule has 19 heteroatoms. The number of rotatable bonds is 9. The Morgan fingerprint density at radius 1 is 1.03 bits per heavy atom. The molecule has 1 aliphatic carbocycles. The van der Waals surface area contributed by atoms with E-state index in [4.69, 9.17) is 12.2 Å². The van der Waals surface area contributed by atoms with E-state index in [-0.39, 0.29) is 65.9 Å². The Morgan fingerprint density at radius 2 is 1.74 bits per heavy atom. The highest BCUT2D eigenvalue weighted by Crippen LogP contribution is 2.42. The van der Waals surface area contributed by atoms with Crippen molar-refractivity contribution in [2.75, 3.05) is 41.3 Å². The van der Waals surface area contributed by atoms with Gasteiger partial charge in [0.1, 0.15) is 11.6 Å². The number of hydrogen-bond donors (Lipinski definition) is 2. The summed E-state index contributed by atoms with van der Waals surface area (Å²) in [7, 11) is 0. The number of piperazine rings is 1. The molecule has 2 N–H and O–H groups in total. The van der Waals surface area contributed by atoms with E-state index in [1.807, 2.05) is 0 Å². The summed E-state index contributed by atoms with van der Waals surface area (Å²) in [4.78, 5) is 60.2. The van der Waals surface area contributed by atoms with Crippen molar-refractivity contribution in [3.8, 4) is 6.07 Å². The van der Waals surface area contributed by atoms with E-state index in [0.717, 1.165) is 41.2 Å². The van der Waals surface area contributed by atoms with Crippen LogP contribution in [0.2, 0.25) is 0 Å². The average molecular weight is 835 g/mol. The molecule has 6 rings (SSSR count). The lowest BCUT2D eigenvalue weighted by molar-refractivity contribution is -0.156. The first-order chi connectivity index (χ1) is 27.2. The molecule has 3 aliphatic heterocycles. The summed E-state index contributed by atoms with van der Waals surface area (Å²) in [6.07, 6.45) is -4.99. The van der Waals surface area contributed by atoms with Gasteiger partial charge < -0.3 is 15.1 Å². The zero-order chi connectivity index (χ0) is 42.3. The van der Waals surface area contributed by atoms with Gasteiger partial charge >= 0.3 is 12.4 Å². The monoisotopic (exact) mass is 834 g/mol. The van der Waals surface area contributed by atoms with Crippen LogP contribution >= 0.6 is 12.2 Å². The van der Waals surface area contributed by atoms with Crippen molar-refractivity contribution in [3.63, 3.8) is 0 Å². The summed E-state index contributed by atoms with van der Waals surface area (Å²) in [6, 6.07) is 5.44. The van der Waals surface area contributed by atoms with Crippen LogP contribution in [0.5, 0.6) is 0 Å². The largest absolute Gasteiger partial charge is 0.417 e. The number of hydrogen-bond acceptors (Lipinski definition) is 9. The van der Waals surface area contributed by atoms with Crippen LogP contribution in [0.4, 0.5) is 43.5 Å². The summed E-state index contributed by atoms with van der Waals surface area (Å²) in [5.41, 5.74) is -2.62. The van der Waals surface area contributed by atoms with Crippen LogP contribution in [0.15, 0.2) is 30.3 Å². The van der Waals surface area contributed by atoms with E-state index in [1.54, 1.807) is 29.7 Å². The number of halogens is 6. The van der Waals surface area contributed by atoms with Crippen LogP contribution in [-0.2, 0) is 25.4 Å². The Bertz CT molecular complexity index is 2010. The maximum absolute atomic E-state index is 14.7. The van der Waals surface area contributed by atoms with E-state index in [2.05, 4.69) is 15.6 Å². The van der Waals surface area contributed by atoms with E-state index in [9.17, 15) is 50.8 Å². The second kappa shape index (κ2) is 16.4. The van der Waals surface area contributed by atoms with E-state index in [0.29, 0.717) is 32.4 Å². The zero-order valence-electron chi connectivity index (χ0n) is 32.2. The van der Waals surface area contributed by atoms with Gasteiger partial charge in [0.15, 0.2) is 10.9 Å². The van der Waals surface area contributed by atoms with Gasteiger partial charge in [0.25, 0.3) is 5.91 Å². The molecule has 1 saturated carbocycles. The lowest BCUT2D eigenvalue weighted by Gasteiger charge is -2.43. The van der Waals surface area contributed by atoms with Gasteiger partial charge in [-0.25, -0.2) is 4.98 Å². The minimum atomic E-state index is -4.81. The number of imide groups is 1. The highest BCUT2D eigenvalue weighted by molar-refractivity contribution is 7.80. The molecule has 12 nitrogen and oxygen atoms in total. The van der Waals surface area contributed by atoms with Crippen LogP contribution in [0.25, 0.3) is 0 Å². The maximum Gasteiger partial charge on any atom is 0.417 e. The molecular formula is C39H44F6N8O4S. The molecule has 2 aromatic rings. The molecule has 4 fully saturated rings. The van der Waals surface area contributed by atoms with Crippen LogP contribution in [0.1, 0.15) is 94.9 Å². The third-order valence-corrected chi connectivity index (χ3v) is 12.0. The summed E-state index contributed by atoms with van der Waals surface area (Å²) >= 11 is 5.71. The fraction of sp³-hybridized carbons (Fsp3) is 0.564. The number of carbonyl (C=O) groups is 4. The highest BCUT2D eigenvalue weighted by atomic mass is 32.1. The molecule has 4 heterocycles. The summed E-state index contributed by atoms with van der Waals surface area (Å²) < 4.78 is 85.4. The van der Waals surface area contributed by atoms with E-state index < -0.39 is 64.6 Å². The molecular weight excluding hydrogens is 791 g/mol. The Kier molecular flexibility index (Phi) is 12.1. The fourth-order valence-corrected chi connectivity index (χ4v) is 9.23. The van der Waals surface area contributed by atoms with Gasteiger partial charge in [-0.1, -0.05) is 0 Å². The summed E-state index contributed by atoms with van der Waals surface area (Å²) in [6.45, 7) is 4.92. The maximum atomic E-state index is 14.7. The smallest absolute Gasteiger partial charge is 0.340 e. The molecule has 0 radical (unpaired) electrons. The second-order valence-corrected chi connectivity index (χ2v) is 16.2. The number of alkyl halides is 6. The molecule has 1 aromatic heterocycles. The van der Waals surface area contributed by atoms with Crippen molar-refractivity contribution in [3.05, 3.63) is 47.2 Å². The number of amides is 4. The van der Waals surface area contributed by atoms with Gasteiger partial charge in [0.05, 0.1) is 40.2 Å². The molecule has 312 valence electrons. The van der Waals surface area contributed by atoms with Crippen LogP contribution in [0.3, 0.4) is 0 Å². The standard InChI is InChI=1S/C39H44F6N8O4S/c1-22(54)47-30-14-13-29(27-12-15-32(55)49-34(27)56)48-33(30)51-18-17-50(21-31(51)39(43,44)45)16-4-5-23-6-9-25(10-7-23)53-36(58)52(35(57)37(53,2)3)26-11-8-24(20-46)28(19-26)38(40,41)42/h8,11,13-14,19,23,25,27,31H,4-7,9-10,12,15-18,21H2,1-3H3,(H,47,54)(H,49,55,56)/t23?,25?,27?,31-/m1/s1. The minimum absolute atomic E-state index is 0.0467. The average Bonchev–Trinajstić information content (AvgIpc) is 3.33. The number of carbonyl (C=O) groups excluding carboxylic acids is 4. The minimum Gasteiger partial charge on any atom is -0.340 e. The van der Waals surface area contributed by atoms with Crippen molar-refractivity contribution in [2.45, 2.75) is 108 Å². The lowest BCUT2D eigenvalue weighted by Crippen LogP contribution is -2.59. The van der Waals surface area contributed by atoms with Gasteiger partial charge in [-0.15, -0.1) is 0 Å². The third kappa shape index (κ3) is 8.77. The predicted octanol–water partition coefficient (Wildman–Crippen LogP) is 6.25. The quantitative estimate of drug-likeness (QED) is 0.169. The van der Waals surface area contributed by atoms with Gasteiger partial charge in [-0.05, 0) is 114 Å². The molecule has 4 amide bonds. The van der Waals surface area contributed by atoms with Crippen molar-refractivity contribution < 1.29 is 45.5 Å². The number of nitriles is 1. The highest BCUT2D eigenvalue weighted by Gasteiger charge is 2.53. The summed E-state index contributed by atoms with van der Waals surface area (Å²) in [5, 5.41) is 14.1. The zero-order valence-corrected chi connectivity index (χ0v) is 33.0. The van der Waals surface area contributed by atoms with Crippen LogP contribution in [0, 0.1) is 17.2 Å². The van der Waals surface area contributed by atoms with Gasteiger partial charge in [-0.2, -0.15) is 31.6 Å². The molecule has 2 atom stereocenters. The molecule has 1 aromatic carbocycles. The van der Waals surface area contributed by atoms with Gasteiger partial charge in [0.2, 0.25) is 17.7 Å². The Morgan fingerprint density at radius 3 is 2.36 bits per heavy atom. The molecule has 0 bridgehead atoms. The number of aromatic nitrogens is 1. The summed E-state index contributed by atoms with van der Waals surface area (Å²) in [5.74, 6) is -2.64. The molecule has 1 unspecified atom stereocenters. The number of benzene rings is 1. The van der Waals surface area contributed by atoms with E-state index >= 15 is 0 Å². The molecule has 0 spiro atoms. The van der Waals surface area contributed by atoms with Crippen LogP contribution < -0.4 is 20.4 Å². The lowest BCUT2D eigenvalue weighted by atomic mass is 9.82.